The molecule has 0 fully saturated rings. The predicted molar refractivity (Wildman–Crippen MR) is 63.3 cm³/mol. The summed E-state index contributed by atoms with van der Waals surface area (Å²) in [7, 11) is 3.46. The van der Waals surface area contributed by atoms with Crippen molar-refractivity contribution in [1.82, 2.24) is 10.2 Å². The minimum Gasteiger partial charge on any atom is -0.394 e. The monoisotopic (exact) mass is 232 g/mol. The second-order valence-electron chi connectivity index (χ2n) is 4.52. The van der Waals surface area contributed by atoms with Crippen molar-refractivity contribution in [2.24, 2.45) is 0 Å². The Balaban J connectivity index is 3.78. The van der Waals surface area contributed by atoms with Crippen molar-refractivity contribution >= 4 is 5.91 Å². The lowest BCUT2D eigenvalue weighted by atomic mass is 10.1. The molecule has 0 heterocycles. The van der Waals surface area contributed by atoms with Gasteiger partial charge in [0.05, 0.1) is 13.2 Å². The third-order valence-electron chi connectivity index (χ3n) is 2.65. The minimum atomic E-state index is -0.371. The Morgan fingerprint density at radius 3 is 2.62 bits per heavy atom. The maximum absolute atomic E-state index is 11.5. The molecule has 16 heavy (non-hydrogen) atoms. The molecule has 96 valence electrons. The van der Waals surface area contributed by atoms with Gasteiger partial charge in [-0.05, 0) is 27.3 Å². The van der Waals surface area contributed by atoms with E-state index in [2.05, 4.69) is 5.32 Å². The normalized spacial score (nSPS) is 11.9. The first-order valence-corrected chi connectivity index (χ1v) is 5.51. The van der Waals surface area contributed by atoms with E-state index in [0.29, 0.717) is 19.7 Å². The highest BCUT2D eigenvalue weighted by atomic mass is 16.5. The molecule has 1 amide bonds. The molecule has 0 bridgehead atoms. The zero-order chi connectivity index (χ0) is 12.6. The van der Waals surface area contributed by atoms with Gasteiger partial charge >= 0.3 is 0 Å². The Morgan fingerprint density at radius 1 is 1.50 bits per heavy atom. The molecular formula is C11H24N2O3. The topological polar surface area (TPSA) is 61.8 Å². The van der Waals surface area contributed by atoms with Crippen molar-refractivity contribution in [2.45, 2.75) is 25.8 Å². The van der Waals surface area contributed by atoms with Crippen LogP contribution in [0.25, 0.3) is 0 Å². The van der Waals surface area contributed by atoms with E-state index in [1.807, 2.05) is 25.8 Å². The van der Waals surface area contributed by atoms with E-state index in [1.54, 1.807) is 7.11 Å². The van der Waals surface area contributed by atoms with Crippen LogP contribution < -0.4 is 5.32 Å². The number of aliphatic hydroxyl groups excluding tert-OH is 1. The number of likely N-dealkylation sites (N-methyl/N-ethyl adjacent to an activating group) is 1. The maximum Gasteiger partial charge on any atom is 0.234 e. The average molecular weight is 232 g/mol. The van der Waals surface area contributed by atoms with Crippen LogP contribution >= 0.6 is 0 Å². The molecule has 0 aromatic carbocycles. The third kappa shape index (κ3) is 6.05. The van der Waals surface area contributed by atoms with E-state index in [9.17, 15) is 4.79 Å². The number of carbonyl (C=O) groups is 1. The molecule has 0 rings (SSSR count). The van der Waals surface area contributed by atoms with Crippen LogP contribution in [0.1, 0.15) is 20.3 Å². The first-order valence-electron chi connectivity index (χ1n) is 5.51. The molecule has 0 aliphatic heterocycles. The van der Waals surface area contributed by atoms with Gasteiger partial charge < -0.3 is 15.2 Å². The highest BCUT2D eigenvalue weighted by molar-refractivity contribution is 5.78. The quantitative estimate of drug-likeness (QED) is 0.571. The van der Waals surface area contributed by atoms with E-state index in [1.165, 1.54) is 0 Å². The molecule has 0 atom stereocenters. The Labute approximate surface area is 97.8 Å². The van der Waals surface area contributed by atoms with Gasteiger partial charge in [0.15, 0.2) is 0 Å². The van der Waals surface area contributed by atoms with Crippen LogP contribution in [0.4, 0.5) is 0 Å². The lowest BCUT2D eigenvalue weighted by Gasteiger charge is -2.33. The molecule has 2 N–H and O–H groups in total. The van der Waals surface area contributed by atoms with Crippen LogP contribution in [0.2, 0.25) is 0 Å². The van der Waals surface area contributed by atoms with Gasteiger partial charge in [-0.2, -0.15) is 0 Å². The summed E-state index contributed by atoms with van der Waals surface area (Å²) >= 11 is 0. The third-order valence-corrected chi connectivity index (χ3v) is 2.65. The molecule has 0 saturated carbocycles. The fourth-order valence-electron chi connectivity index (χ4n) is 1.05. The summed E-state index contributed by atoms with van der Waals surface area (Å²) in [6.07, 6.45) is 0.815. The highest BCUT2D eigenvalue weighted by Gasteiger charge is 2.23. The Morgan fingerprint density at radius 2 is 2.12 bits per heavy atom. The Kier molecular flexibility index (Phi) is 7.29. The van der Waals surface area contributed by atoms with Gasteiger partial charge in [-0.15, -0.1) is 0 Å². The van der Waals surface area contributed by atoms with E-state index in [0.717, 1.165) is 6.42 Å². The van der Waals surface area contributed by atoms with Crippen LogP contribution in [-0.2, 0) is 9.53 Å². The molecule has 5 nitrogen and oxygen atoms in total. The standard InChI is InChI=1S/C11H24N2O3/c1-11(2,9-14)13(3)8-10(15)12-6-5-7-16-4/h14H,5-9H2,1-4H3,(H,12,15). The molecule has 0 radical (unpaired) electrons. The van der Waals surface area contributed by atoms with Crippen LogP contribution in [-0.4, -0.2) is 61.9 Å². The molecule has 0 aliphatic rings. The fourth-order valence-corrected chi connectivity index (χ4v) is 1.05. The van der Waals surface area contributed by atoms with Crippen LogP contribution in [0, 0.1) is 0 Å². The first-order chi connectivity index (χ1) is 7.44. The largest absolute Gasteiger partial charge is 0.394 e. The summed E-state index contributed by atoms with van der Waals surface area (Å²) < 4.78 is 4.88. The fraction of sp³-hybridized carbons (Fsp3) is 0.909. The molecule has 0 spiro atoms. The van der Waals surface area contributed by atoms with Crippen molar-refractivity contribution in [2.75, 3.05) is 40.5 Å². The number of hydrogen-bond acceptors (Lipinski definition) is 4. The van der Waals surface area contributed by atoms with E-state index < -0.39 is 0 Å². The predicted octanol–water partition coefficient (Wildman–Crippen LogP) is -0.158. The molecular weight excluding hydrogens is 208 g/mol. The van der Waals surface area contributed by atoms with Crippen molar-refractivity contribution in [3.05, 3.63) is 0 Å². The lowest BCUT2D eigenvalue weighted by molar-refractivity contribution is -0.123. The molecule has 0 aliphatic carbocycles. The van der Waals surface area contributed by atoms with Gasteiger partial charge in [-0.3, -0.25) is 9.69 Å². The van der Waals surface area contributed by atoms with Crippen LogP contribution in [0.3, 0.4) is 0 Å². The number of hydrogen-bond donors (Lipinski definition) is 2. The second kappa shape index (κ2) is 7.60. The smallest absolute Gasteiger partial charge is 0.234 e. The van der Waals surface area contributed by atoms with E-state index in [-0.39, 0.29) is 18.1 Å². The SMILES string of the molecule is COCCCNC(=O)CN(C)C(C)(C)CO. The van der Waals surface area contributed by atoms with Gasteiger partial charge in [0.25, 0.3) is 0 Å². The first kappa shape index (κ1) is 15.3. The van der Waals surface area contributed by atoms with E-state index >= 15 is 0 Å². The summed E-state index contributed by atoms with van der Waals surface area (Å²) in [6, 6.07) is 0. The second-order valence-corrected chi connectivity index (χ2v) is 4.52. The van der Waals surface area contributed by atoms with Gasteiger partial charge in [-0.25, -0.2) is 0 Å². The number of aliphatic hydroxyl groups is 1. The number of nitrogens with zero attached hydrogens (tertiary/aromatic N) is 1. The van der Waals surface area contributed by atoms with Crippen LogP contribution in [0.15, 0.2) is 0 Å². The summed E-state index contributed by atoms with van der Waals surface area (Å²) in [6.45, 7) is 5.38. The van der Waals surface area contributed by atoms with Gasteiger partial charge in [0, 0.05) is 25.8 Å². The number of amides is 1. The average Bonchev–Trinajstić information content (AvgIpc) is 2.24. The van der Waals surface area contributed by atoms with Crippen molar-refractivity contribution in [1.29, 1.82) is 0 Å². The zero-order valence-electron chi connectivity index (χ0n) is 10.7. The van der Waals surface area contributed by atoms with E-state index in [4.69, 9.17) is 9.84 Å². The maximum atomic E-state index is 11.5. The summed E-state index contributed by atoms with van der Waals surface area (Å²) in [5.41, 5.74) is -0.371. The van der Waals surface area contributed by atoms with Gasteiger partial charge in [0.2, 0.25) is 5.91 Å². The number of methoxy groups -OCH3 is 1. The molecule has 5 heteroatoms. The molecule has 0 unspecified atom stereocenters. The summed E-state index contributed by atoms with van der Waals surface area (Å²) in [5.74, 6) is -0.0277. The zero-order valence-corrected chi connectivity index (χ0v) is 10.7. The molecule has 0 aromatic rings. The lowest BCUT2D eigenvalue weighted by Crippen LogP contribution is -2.48. The minimum absolute atomic E-state index is 0.0277. The van der Waals surface area contributed by atoms with Gasteiger partial charge in [-0.1, -0.05) is 0 Å². The summed E-state index contributed by atoms with van der Waals surface area (Å²) in [5, 5.41) is 11.9. The number of rotatable bonds is 8. The highest BCUT2D eigenvalue weighted by Crippen LogP contribution is 2.09. The van der Waals surface area contributed by atoms with Gasteiger partial charge in [0.1, 0.15) is 0 Å². The van der Waals surface area contributed by atoms with Crippen LogP contribution in [0.5, 0.6) is 0 Å². The van der Waals surface area contributed by atoms with Crippen molar-refractivity contribution < 1.29 is 14.6 Å². The van der Waals surface area contributed by atoms with Crippen molar-refractivity contribution in [3.8, 4) is 0 Å². The van der Waals surface area contributed by atoms with Crippen molar-refractivity contribution in [3.63, 3.8) is 0 Å². The number of nitrogens with one attached hydrogen (secondary N) is 1. The Hall–Kier alpha value is -0.650. The Bertz CT molecular complexity index is 207. The number of ether oxygens (including phenoxy) is 1. The molecule has 0 saturated heterocycles. The molecule has 0 aromatic heterocycles. The number of carbonyl (C=O) groups excluding carboxylic acids is 1. The summed E-state index contributed by atoms with van der Waals surface area (Å²) in [4.78, 5) is 13.3.